The van der Waals surface area contributed by atoms with Gasteiger partial charge < -0.3 is 26.8 Å². The molecule has 1 fully saturated rings. The molecule has 10 nitrogen and oxygen atoms in total. The van der Waals surface area contributed by atoms with Crippen molar-refractivity contribution < 1.29 is 19.5 Å². The van der Waals surface area contributed by atoms with E-state index >= 15 is 0 Å². The Balaban J connectivity index is 1.26. The van der Waals surface area contributed by atoms with Gasteiger partial charge in [-0.3, -0.25) is 19.4 Å². The van der Waals surface area contributed by atoms with Crippen LogP contribution in [0.15, 0.2) is 77.8 Å². The van der Waals surface area contributed by atoms with E-state index in [2.05, 4.69) is 15.3 Å². The lowest BCUT2D eigenvalue weighted by Crippen LogP contribution is -2.55. The summed E-state index contributed by atoms with van der Waals surface area (Å²) < 4.78 is 0.870. The van der Waals surface area contributed by atoms with Crippen LogP contribution in [0.1, 0.15) is 46.6 Å². The number of nitrogens with two attached hydrogens (primary N) is 2. The van der Waals surface area contributed by atoms with E-state index in [0.29, 0.717) is 54.0 Å². The highest BCUT2D eigenvalue weighted by atomic mass is 32.1. The number of nitrogens with one attached hydrogen (secondary N) is 1. The fraction of sp³-hybridized carbons (Fsp3) is 0.281. The number of thiazole rings is 1. The average molecular weight is 597 g/mol. The number of rotatable bonds is 9. The van der Waals surface area contributed by atoms with Gasteiger partial charge in [-0.1, -0.05) is 60.7 Å². The highest BCUT2D eigenvalue weighted by Crippen LogP contribution is 2.48. The molecule has 6 rings (SSSR count). The fourth-order valence-corrected chi connectivity index (χ4v) is 7.06. The molecule has 43 heavy (non-hydrogen) atoms. The third-order valence-electron chi connectivity index (χ3n) is 8.13. The molecule has 1 unspecified atom stereocenters. The molecule has 1 saturated heterocycles. The number of likely N-dealkylation sites (tertiary alicyclic amines) is 1. The number of fused-ring (bicyclic) bond motifs is 4. The second kappa shape index (κ2) is 11.6. The number of Topliss-reactive ketones (excluding diaryl/α,β-unsaturated/α-hetero) is 1. The van der Waals surface area contributed by atoms with Crippen molar-refractivity contribution in [1.82, 2.24) is 15.2 Å². The van der Waals surface area contributed by atoms with Crippen molar-refractivity contribution >= 4 is 45.1 Å². The average Bonchev–Trinajstić information content (AvgIpc) is 3.74. The summed E-state index contributed by atoms with van der Waals surface area (Å²) in [5.74, 6) is -1.36. The Morgan fingerprint density at radius 3 is 2.35 bits per heavy atom. The minimum atomic E-state index is -1.92. The molecule has 2 amide bonds. The van der Waals surface area contributed by atoms with Crippen molar-refractivity contribution in [2.75, 3.05) is 13.1 Å². The molecule has 1 aliphatic heterocycles. The lowest BCUT2D eigenvalue weighted by atomic mass is 9.89. The van der Waals surface area contributed by atoms with Crippen molar-refractivity contribution in [1.29, 1.82) is 0 Å². The minimum absolute atomic E-state index is 0.0498. The number of aliphatic hydroxyl groups is 1. The van der Waals surface area contributed by atoms with Crippen LogP contribution in [-0.2, 0) is 15.2 Å². The fourth-order valence-electron chi connectivity index (χ4n) is 6.10. The number of carbonyl (C=O) groups excluding carboxylic acids is 3. The molecule has 2 atom stereocenters. The third kappa shape index (κ3) is 5.15. The Morgan fingerprint density at radius 2 is 1.67 bits per heavy atom. The highest BCUT2D eigenvalue weighted by molar-refractivity contribution is 7.20. The van der Waals surface area contributed by atoms with Gasteiger partial charge in [0.05, 0.1) is 16.3 Å². The van der Waals surface area contributed by atoms with Gasteiger partial charge in [-0.25, -0.2) is 4.98 Å². The SMILES string of the molecule is NC(N)=NCCCC(NC(=O)[C@@H]1CCCN1C(=O)C1(O)c2ccccc2-c2ccccc21)C(=O)c1nc2ccccc2s1. The smallest absolute Gasteiger partial charge is 0.264 e. The van der Waals surface area contributed by atoms with Gasteiger partial charge >= 0.3 is 0 Å². The van der Waals surface area contributed by atoms with Crippen LogP contribution >= 0.6 is 11.3 Å². The van der Waals surface area contributed by atoms with E-state index in [1.807, 2.05) is 48.5 Å². The Bertz CT molecular complexity index is 1670. The Hall–Kier alpha value is -4.61. The molecular formula is C32H32N6O4S. The Kier molecular flexibility index (Phi) is 7.68. The summed E-state index contributed by atoms with van der Waals surface area (Å²) in [4.78, 5) is 51.6. The highest BCUT2D eigenvalue weighted by Gasteiger charge is 2.52. The molecule has 0 bridgehead atoms. The van der Waals surface area contributed by atoms with Gasteiger partial charge in [-0.2, -0.15) is 0 Å². The van der Waals surface area contributed by atoms with E-state index in [0.717, 1.165) is 15.8 Å². The molecule has 6 N–H and O–H groups in total. The molecule has 0 radical (unpaired) electrons. The molecule has 2 heterocycles. The number of nitrogens with zero attached hydrogens (tertiary/aromatic N) is 3. The van der Waals surface area contributed by atoms with Crippen LogP contribution in [0.4, 0.5) is 0 Å². The number of hydrogen-bond acceptors (Lipinski definition) is 7. The number of amides is 2. The van der Waals surface area contributed by atoms with Crippen LogP contribution < -0.4 is 16.8 Å². The standard InChI is InChI=1S/C32H32N6O4S/c33-31(34)35-17-7-14-24(27(39)29-37-23-13-5-6-16-26(23)43-29)36-28(40)25-15-8-18-38(25)30(41)32(42)21-11-3-1-9-19(21)20-10-2-4-12-22(20)32/h1-6,9-13,16,24-25,42H,7-8,14-15,17-18H2,(H,36,40)(H4,33,34,35)/t24?,25-/m0/s1. The number of para-hydroxylation sites is 1. The van der Waals surface area contributed by atoms with Crippen LogP contribution in [-0.4, -0.2) is 63.7 Å². The molecule has 1 aliphatic carbocycles. The van der Waals surface area contributed by atoms with E-state index in [-0.39, 0.29) is 18.2 Å². The van der Waals surface area contributed by atoms with Gasteiger partial charge in [0.15, 0.2) is 16.6 Å². The maximum absolute atomic E-state index is 14.2. The number of carbonyl (C=O) groups is 3. The molecule has 0 spiro atoms. The second-order valence-corrected chi connectivity index (χ2v) is 11.8. The quantitative estimate of drug-likeness (QED) is 0.0999. The Labute approximate surface area is 252 Å². The summed E-state index contributed by atoms with van der Waals surface area (Å²) >= 11 is 1.27. The first-order chi connectivity index (χ1) is 20.8. The van der Waals surface area contributed by atoms with Gasteiger partial charge in [0.25, 0.3) is 5.91 Å². The van der Waals surface area contributed by atoms with Crippen molar-refractivity contribution in [3.8, 4) is 11.1 Å². The number of aromatic nitrogens is 1. The lowest BCUT2D eigenvalue weighted by Gasteiger charge is -2.33. The van der Waals surface area contributed by atoms with Crippen molar-refractivity contribution in [2.45, 2.75) is 43.4 Å². The first-order valence-corrected chi connectivity index (χ1v) is 15.1. The van der Waals surface area contributed by atoms with E-state index in [1.165, 1.54) is 16.2 Å². The van der Waals surface area contributed by atoms with Crippen LogP contribution in [0.5, 0.6) is 0 Å². The van der Waals surface area contributed by atoms with E-state index in [9.17, 15) is 19.5 Å². The maximum Gasteiger partial charge on any atom is 0.264 e. The predicted octanol–water partition coefficient (Wildman–Crippen LogP) is 2.92. The lowest BCUT2D eigenvalue weighted by molar-refractivity contribution is -0.151. The molecule has 1 aromatic heterocycles. The summed E-state index contributed by atoms with van der Waals surface area (Å²) in [6.45, 7) is 0.603. The first kappa shape index (κ1) is 28.5. The van der Waals surface area contributed by atoms with Gasteiger partial charge in [0.2, 0.25) is 11.7 Å². The first-order valence-electron chi connectivity index (χ1n) is 14.3. The van der Waals surface area contributed by atoms with E-state index < -0.39 is 29.5 Å². The Morgan fingerprint density at radius 1 is 1.02 bits per heavy atom. The number of aliphatic imine (C=N–C) groups is 1. The largest absolute Gasteiger partial charge is 0.372 e. The van der Waals surface area contributed by atoms with Gasteiger partial charge in [-0.05, 0) is 48.9 Å². The van der Waals surface area contributed by atoms with E-state index in [1.54, 1.807) is 24.3 Å². The number of guanidine groups is 1. The zero-order valence-electron chi connectivity index (χ0n) is 23.4. The summed E-state index contributed by atoms with van der Waals surface area (Å²) in [7, 11) is 0. The molecule has 11 heteroatoms. The normalized spacial score (nSPS) is 17.2. The van der Waals surface area contributed by atoms with Crippen molar-refractivity contribution in [3.63, 3.8) is 0 Å². The molecule has 220 valence electrons. The number of ketones is 1. The molecule has 4 aromatic rings. The van der Waals surface area contributed by atoms with Crippen molar-refractivity contribution in [2.24, 2.45) is 16.5 Å². The topological polar surface area (TPSA) is 164 Å². The predicted molar refractivity (Wildman–Crippen MR) is 165 cm³/mol. The van der Waals surface area contributed by atoms with Crippen molar-refractivity contribution in [3.05, 3.63) is 88.9 Å². The molecular weight excluding hydrogens is 564 g/mol. The zero-order valence-corrected chi connectivity index (χ0v) is 24.2. The van der Waals surface area contributed by atoms with E-state index in [4.69, 9.17) is 11.5 Å². The van der Waals surface area contributed by atoms with Crippen LogP contribution in [0.25, 0.3) is 21.3 Å². The third-order valence-corrected chi connectivity index (χ3v) is 9.18. The van der Waals surface area contributed by atoms with Crippen LogP contribution in [0.3, 0.4) is 0 Å². The maximum atomic E-state index is 14.2. The minimum Gasteiger partial charge on any atom is -0.372 e. The monoisotopic (exact) mass is 596 g/mol. The van der Waals surface area contributed by atoms with Gasteiger partial charge in [-0.15, -0.1) is 11.3 Å². The molecule has 3 aromatic carbocycles. The molecule has 0 saturated carbocycles. The van der Waals surface area contributed by atoms with Crippen LogP contribution in [0, 0.1) is 0 Å². The van der Waals surface area contributed by atoms with Gasteiger partial charge in [0.1, 0.15) is 6.04 Å². The molecule has 2 aliphatic rings. The number of hydrogen-bond donors (Lipinski definition) is 4. The summed E-state index contributed by atoms with van der Waals surface area (Å²) in [5, 5.41) is 15.3. The zero-order chi connectivity index (χ0) is 30.1. The van der Waals surface area contributed by atoms with Crippen LogP contribution in [0.2, 0.25) is 0 Å². The van der Waals surface area contributed by atoms with Gasteiger partial charge in [0, 0.05) is 24.2 Å². The second-order valence-electron chi connectivity index (χ2n) is 10.8. The summed E-state index contributed by atoms with van der Waals surface area (Å²) in [6.07, 6.45) is 1.72. The number of benzene rings is 3. The summed E-state index contributed by atoms with van der Waals surface area (Å²) in [5.41, 5.74) is 12.3. The summed E-state index contributed by atoms with van der Waals surface area (Å²) in [6, 6.07) is 20.3.